The Bertz CT molecular complexity index is 491. The molecule has 0 radical (unpaired) electrons. The fourth-order valence-corrected chi connectivity index (χ4v) is 2.53. The predicted molar refractivity (Wildman–Crippen MR) is 74.8 cm³/mol. The third kappa shape index (κ3) is 5.26. The quantitative estimate of drug-likeness (QED) is 0.715. The minimum Gasteiger partial charge on any atom is -0.315 e. The summed E-state index contributed by atoms with van der Waals surface area (Å²) < 4.78 is 39.7. The lowest BCUT2D eigenvalue weighted by atomic mass is 10.2. The minimum atomic E-state index is -3.43. The number of benzene rings is 1. The van der Waals surface area contributed by atoms with E-state index in [-0.39, 0.29) is 6.54 Å². The molecule has 1 aromatic rings. The van der Waals surface area contributed by atoms with Gasteiger partial charge in [-0.2, -0.15) is 0 Å². The van der Waals surface area contributed by atoms with Crippen molar-refractivity contribution in [3.05, 3.63) is 35.6 Å². The second-order valence-corrected chi connectivity index (χ2v) is 6.66. The first-order valence-corrected chi connectivity index (χ1v) is 7.94. The highest BCUT2D eigenvalue weighted by Gasteiger charge is 2.20. The molecule has 1 unspecified atom stereocenters. The molecule has 0 bridgehead atoms. The van der Waals surface area contributed by atoms with Crippen molar-refractivity contribution >= 4 is 10.0 Å². The van der Waals surface area contributed by atoms with Crippen molar-refractivity contribution in [2.45, 2.75) is 32.1 Å². The fourth-order valence-electron chi connectivity index (χ4n) is 1.55. The van der Waals surface area contributed by atoms with Gasteiger partial charge in [-0.15, -0.1) is 0 Å². The molecule has 0 spiro atoms. The van der Waals surface area contributed by atoms with E-state index >= 15 is 0 Å². The summed E-state index contributed by atoms with van der Waals surface area (Å²) in [5.41, 5.74) is 0.347. The molecule has 108 valence electrons. The molecule has 0 saturated carbocycles. The topological polar surface area (TPSA) is 58.2 Å². The minimum absolute atomic E-state index is 0.0207. The Morgan fingerprint density at radius 1 is 1.32 bits per heavy atom. The van der Waals surface area contributed by atoms with Gasteiger partial charge in [0, 0.05) is 18.7 Å². The number of sulfonamides is 1. The lowest BCUT2D eigenvalue weighted by Crippen LogP contribution is -2.39. The van der Waals surface area contributed by atoms with Crippen LogP contribution in [0.5, 0.6) is 0 Å². The summed E-state index contributed by atoms with van der Waals surface area (Å²) in [6.45, 7) is 4.80. The molecule has 0 aliphatic rings. The Morgan fingerprint density at radius 3 is 2.63 bits per heavy atom. The first kappa shape index (κ1) is 16.1. The molecule has 1 rings (SSSR count). The molecule has 0 heterocycles. The third-order valence-electron chi connectivity index (χ3n) is 2.81. The van der Waals surface area contributed by atoms with E-state index in [0.717, 1.165) is 13.0 Å². The van der Waals surface area contributed by atoms with Crippen molar-refractivity contribution < 1.29 is 12.8 Å². The van der Waals surface area contributed by atoms with Crippen LogP contribution in [-0.4, -0.2) is 26.8 Å². The van der Waals surface area contributed by atoms with Crippen LogP contribution in [0.25, 0.3) is 0 Å². The summed E-state index contributed by atoms with van der Waals surface area (Å²) in [6.07, 6.45) is 0.954. The van der Waals surface area contributed by atoms with Crippen molar-refractivity contribution in [3.8, 4) is 0 Å². The monoisotopic (exact) mass is 288 g/mol. The lowest BCUT2D eigenvalue weighted by Gasteiger charge is -2.14. The molecule has 0 saturated heterocycles. The Kier molecular flexibility index (Phi) is 6.41. The molecule has 1 aromatic carbocycles. The van der Waals surface area contributed by atoms with Gasteiger partial charge >= 0.3 is 0 Å². The predicted octanol–water partition coefficient (Wildman–Crippen LogP) is 1.63. The average Bonchev–Trinajstić information content (AvgIpc) is 2.38. The number of nitrogens with one attached hydrogen (secondary N) is 2. The summed E-state index contributed by atoms with van der Waals surface area (Å²) >= 11 is 0. The van der Waals surface area contributed by atoms with Crippen LogP contribution in [-0.2, 0) is 16.6 Å². The zero-order chi connectivity index (χ0) is 14.3. The Hall–Kier alpha value is -0.980. The van der Waals surface area contributed by atoms with Crippen molar-refractivity contribution in [2.24, 2.45) is 0 Å². The number of rotatable bonds is 8. The molecule has 0 fully saturated rings. The van der Waals surface area contributed by atoms with E-state index in [1.54, 1.807) is 25.1 Å². The van der Waals surface area contributed by atoms with Gasteiger partial charge in [0.25, 0.3) is 0 Å². The summed E-state index contributed by atoms with van der Waals surface area (Å²) in [5, 5.41) is 2.51. The maximum Gasteiger partial charge on any atom is 0.215 e. The SMILES string of the molecule is CCCNCC(C)S(=O)(=O)NCc1ccccc1F. The molecule has 19 heavy (non-hydrogen) atoms. The molecular formula is C13H21FN2O2S. The van der Waals surface area contributed by atoms with Crippen LogP contribution < -0.4 is 10.0 Å². The Morgan fingerprint density at radius 2 is 2.00 bits per heavy atom. The molecule has 6 heteroatoms. The van der Waals surface area contributed by atoms with Crippen molar-refractivity contribution in [2.75, 3.05) is 13.1 Å². The number of halogens is 1. The molecule has 1 atom stereocenters. The molecule has 0 aromatic heterocycles. The van der Waals surface area contributed by atoms with E-state index in [9.17, 15) is 12.8 Å². The number of hydrogen-bond donors (Lipinski definition) is 2. The van der Waals surface area contributed by atoms with Crippen LogP contribution >= 0.6 is 0 Å². The summed E-state index contributed by atoms with van der Waals surface area (Å²) in [4.78, 5) is 0. The normalized spacial score (nSPS) is 13.4. The van der Waals surface area contributed by atoms with Gasteiger partial charge in [0.05, 0.1) is 5.25 Å². The Labute approximate surface area is 114 Å². The third-order valence-corrected chi connectivity index (χ3v) is 4.58. The second-order valence-electron chi connectivity index (χ2n) is 4.47. The molecule has 0 amide bonds. The maximum absolute atomic E-state index is 13.4. The van der Waals surface area contributed by atoms with E-state index in [1.807, 2.05) is 6.92 Å². The highest BCUT2D eigenvalue weighted by atomic mass is 32.2. The van der Waals surface area contributed by atoms with Crippen LogP contribution in [0, 0.1) is 5.82 Å². The van der Waals surface area contributed by atoms with E-state index < -0.39 is 21.1 Å². The first-order valence-electron chi connectivity index (χ1n) is 6.40. The van der Waals surface area contributed by atoms with E-state index in [2.05, 4.69) is 10.0 Å². The average molecular weight is 288 g/mol. The smallest absolute Gasteiger partial charge is 0.215 e. The van der Waals surface area contributed by atoms with Crippen LogP contribution in [0.1, 0.15) is 25.8 Å². The van der Waals surface area contributed by atoms with Gasteiger partial charge in [-0.05, 0) is 26.0 Å². The van der Waals surface area contributed by atoms with Gasteiger partial charge in [0.2, 0.25) is 10.0 Å². The molecule has 2 N–H and O–H groups in total. The van der Waals surface area contributed by atoms with Crippen LogP contribution in [0.3, 0.4) is 0 Å². The highest BCUT2D eigenvalue weighted by molar-refractivity contribution is 7.90. The lowest BCUT2D eigenvalue weighted by molar-refractivity contribution is 0.553. The van der Waals surface area contributed by atoms with Gasteiger partial charge in [-0.3, -0.25) is 0 Å². The van der Waals surface area contributed by atoms with Gasteiger partial charge < -0.3 is 5.32 Å². The van der Waals surface area contributed by atoms with Gasteiger partial charge in [0.15, 0.2) is 0 Å². The van der Waals surface area contributed by atoms with Crippen LogP contribution in [0.15, 0.2) is 24.3 Å². The van der Waals surface area contributed by atoms with E-state index in [4.69, 9.17) is 0 Å². The second kappa shape index (κ2) is 7.57. The van der Waals surface area contributed by atoms with Crippen molar-refractivity contribution in [1.29, 1.82) is 0 Å². The standard InChI is InChI=1S/C13H21FN2O2S/c1-3-8-15-9-11(2)19(17,18)16-10-12-6-4-5-7-13(12)14/h4-7,11,15-16H,3,8-10H2,1-2H3. The van der Waals surface area contributed by atoms with E-state index in [1.165, 1.54) is 6.07 Å². The largest absolute Gasteiger partial charge is 0.315 e. The molecular weight excluding hydrogens is 267 g/mol. The summed E-state index contributed by atoms with van der Waals surface area (Å²) in [7, 11) is -3.43. The van der Waals surface area contributed by atoms with Gasteiger partial charge in [0.1, 0.15) is 5.82 Å². The highest BCUT2D eigenvalue weighted by Crippen LogP contribution is 2.07. The van der Waals surface area contributed by atoms with Crippen molar-refractivity contribution in [1.82, 2.24) is 10.0 Å². The van der Waals surface area contributed by atoms with Crippen LogP contribution in [0.2, 0.25) is 0 Å². The molecule has 4 nitrogen and oxygen atoms in total. The van der Waals surface area contributed by atoms with Gasteiger partial charge in [-0.25, -0.2) is 17.5 Å². The van der Waals surface area contributed by atoms with E-state index in [0.29, 0.717) is 12.1 Å². The maximum atomic E-state index is 13.4. The van der Waals surface area contributed by atoms with Crippen molar-refractivity contribution in [3.63, 3.8) is 0 Å². The fraction of sp³-hybridized carbons (Fsp3) is 0.538. The molecule has 0 aliphatic carbocycles. The summed E-state index contributed by atoms with van der Waals surface area (Å²) in [5.74, 6) is -0.401. The number of hydrogen-bond acceptors (Lipinski definition) is 3. The van der Waals surface area contributed by atoms with Crippen LogP contribution in [0.4, 0.5) is 4.39 Å². The first-order chi connectivity index (χ1) is 8.97. The zero-order valence-corrected chi connectivity index (χ0v) is 12.1. The van der Waals surface area contributed by atoms with Gasteiger partial charge in [-0.1, -0.05) is 25.1 Å². The Balaban J connectivity index is 2.53. The zero-order valence-electron chi connectivity index (χ0n) is 11.3. The molecule has 0 aliphatic heterocycles. The summed E-state index contributed by atoms with van der Waals surface area (Å²) in [6, 6.07) is 6.14.